The normalized spacial score (nSPS) is 38.8. The molecule has 128 valence electrons. The Hall–Kier alpha value is 0.320. The number of ketones is 1. The Morgan fingerprint density at radius 1 is 1.23 bits per heavy atom. The fourth-order valence-electron chi connectivity index (χ4n) is 5.45. The summed E-state index contributed by atoms with van der Waals surface area (Å²) in [5.41, 5.74) is 0.154. The van der Waals surface area contributed by atoms with Gasteiger partial charge in [0, 0.05) is 17.8 Å². The van der Waals surface area contributed by atoms with Crippen LogP contribution in [0.15, 0.2) is 0 Å². The third-order valence-electron chi connectivity index (χ3n) is 7.68. The largest absolute Gasteiger partial charge is 1.00 e. The number of rotatable bonds is 4. The zero-order chi connectivity index (χ0) is 15.3. The fraction of sp³-hybridized carbons (Fsp3) is 0.944. The number of likely N-dealkylation sites (N-methyl/N-ethyl adjacent to an activating group) is 1. The van der Waals surface area contributed by atoms with Gasteiger partial charge in [-0.15, -0.1) is 0 Å². The number of hydrogen-bond acceptors (Lipinski definition) is 2. The average molecular weight is 421 g/mol. The van der Waals surface area contributed by atoms with Crippen molar-refractivity contribution in [3.63, 3.8) is 0 Å². The van der Waals surface area contributed by atoms with Gasteiger partial charge in [-0.1, -0.05) is 20.8 Å². The Morgan fingerprint density at radius 2 is 1.86 bits per heavy atom. The van der Waals surface area contributed by atoms with Crippen molar-refractivity contribution in [3.05, 3.63) is 0 Å². The van der Waals surface area contributed by atoms with Crippen LogP contribution in [0.25, 0.3) is 0 Å². The van der Waals surface area contributed by atoms with Crippen molar-refractivity contribution in [3.8, 4) is 0 Å². The molecule has 0 radical (unpaired) electrons. The first-order valence-corrected chi connectivity index (χ1v) is 8.83. The lowest BCUT2D eigenvalue weighted by Crippen LogP contribution is -3.00. The molecule has 3 fully saturated rings. The lowest BCUT2D eigenvalue weighted by Gasteiger charge is -2.41. The van der Waals surface area contributed by atoms with E-state index in [1.165, 1.54) is 19.5 Å². The highest BCUT2D eigenvalue weighted by Crippen LogP contribution is 2.66. The fourth-order valence-corrected chi connectivity index (χ4v) is 5.45. The number of halogens is 1. The number of morpholine rings is 1. The van der Waals surface area contributed by atoms with Crippen LogP contribution in [0.3, 0.4) is 0 Å². The first-order chi connectivity index (χ1) is 9.86. The molecule has 1 aliphatic heterocycles. The summed E-state index contributed by atoms with van der Waals surface area (Å²) in [5, 5.41) is 0. The Labute approximate surface area is 152 Å². The highest BCUT2D eigenvalue weighted by atomic mass is 127. The van der Waals surface area contributed by atoms with Gasteiger partial charge >= 0.3 is 0 Å². The first kappa shape index (κ1) is 18.7. The number of nitrogens with zero attached hydrogens (tertiary/aromatic N) is 1. The highest BCUT2D eigenvalue weighted by molar-refractivity contribution is 5.91. The number of carbonyl (C=O) groups excluding carboxylic acids is 1. The van der Waals surface area contributed by atoms with E-state index in [0.29, 0.717) is 17.6 Å². The summed E-state index contributed by atoms with van der Waals surface area (Å²) in [6.07, 6.45) is 3.47. The summed E-state index contributed by atoms with van der Waals surface area (Å²) in [7, 11) is 0. The molecule has 2 saturated carbocycles. The van der Waals surface area contributed by atoms with Gasteiger partial charge in [-0.2, -0.15) is 0 Å². The predicted octanol–water partition coefficient (Wildman–Crippen LogP) is -0.111. The molecule has 2 bridgehead atoms. The number of carbonyl (C=O) groups is 1. The molecule has 2 aliphatic carbocycles. The van der Waals surface area contributed by atoms with Crippen LogP contribution in [0.1, 0.15) is 47.0 Å². The van der Waals surface area contributed by atoms with Gasteiger partial charge < -0.3 is 33.2 Å². The molecule has 0 N–H and O–H groups in total. The molecule has 3 unspecified atom stereocenters. The zero-order valence-electron chi connectivity index (χ0n) is 14.7. The minimum atomic E-state index is -0.0512. The zero-order valence-corrected chi connectivity index (χ0v) is 16.8. The van der Waals surface area contributed by atoms with E-state index in [0.717, 1.165) is 43.6 Å². The molecule has 22 heavy (non-hydrogen) atoms. The van der Waals surface area contributed by atoms with Crippen LogP contribution in [0.4, 0.5) is 0 Å². The van der Waals surface area contributed by atoms with Crippen LogP contribution >= 0.6 is 0 Å². The number of quaternary nitrogens is 1. The number of hydrogen-bond donors (Lipinski definition) is 0. The van der Waals surface area contributed by atoms with Crippen molar-refractivity contribution >= 4 is 5.78 Å². The van der Waals surface area contributed by atoms with Crippen molar-refractivity contribution in [2.24, 2.45) is 22.7 Å². The van der Waals surface area contributed by atoms with E-state index in [2.05, 4.69) is 27.7 Å². The van der Waals surface area contributed by atoms with E-state index in [4.69, 9.17) is 4.74 Å². The van der Waals surface area contributed by atoms with Crippen LogP contribution in [0.5, 0.6) is 0 Å². The molecular weight excluding hydrogens is 389 g/mol. The SMILES string of the molecule is CC[N+]1(CCC2C(=O)C3(C)CCC2C3(C)C)CCOCC1.[I-]. The van der Waals surface area contributed by atoms with Crippen molar-refractivity contribution in [1.82, 2.24) is 0 Å². The van der Waals surface area contributed by atoms with Crippen molar-refractivity contribution in [1.29, 1.82) is 0 Å². The van der Waals surface area contributed by atoms with E-state index in [-0.39, 0.29) is 34.8 Å². The molecule has 0 aromatic heterocycles. The molecule has 0 aromatic carbocycles. The molecule has 1 heterocycles. The van der Waals surface area contributed by atoms with Crippen molar-refractivity contribution in [2.45, 2.75) is 47.0 Å². The summed E-state index contributed by atoms with van der Waals surface area (Å²) >= 11 is 0. The molecule has 3 atom stereocenters. The van der Waals surface area contributed by atoms with Gasteiger partial charge in [-0.05, 0) is 31.1 Å². The standard InChI is InChI=1S/C18H32NO2.HI/c1-5-19(10-12-21-13-11-19)9-7-14-15-6-8-18(4,16(14)20)17(15,2)3;/h14-15H,5-13H2,1-4H3;1H/q+1;/p-1. The van der Waals surface area contributed by atoms with E-state index >= 15 is 0 Å². The van der Waals surface area contributed by atoms with Crippen molar-refractivity contribution in [2.75, 3.05) is 39.4 Å². The maximum atomic E-state index is 12.9. The van der Waals surface area contributed by atoms with Gasteiger partial charge in [0.25, 0.3) is 0 Å². The third kappa shape index (κ3) is 2.57. The second-order valence-electron chi connectivity index (χ2n) is 8.40. The summed E-state index contributed by atoms with van der Waals surface area (Å²) in [6.45, 7) is 15.6. The van der Waals surface area contributed by atoms with Crippen LogP contribution in [0, 0.1) is 22.7 Å². The van der Waals surface area contributed by atoms with Gasteiger partial charge in [-0.3, -0.25) is 4.79 Å². The molecule has 3 rings (SSSR count). The maximum Gasteiger partial charge on any atom is 0.142 e. The molecule has 0 amide bonds. The lowest BCUT2D eigenvalue weighted by atomic mass is 9.70. The van der Waals surface area contributed by atoms with E-state index < -0.39 is 0 Å². The second kappa shape index (κ2) is 6.32. The second-order valence-corrected chi connectivity index (χ2v) is 8.40. The summed E-state index contributed by atoms with van der Waals surface area (Å²) in [6, 6.07) is 0. The van der Waals surface area contributed by atoms with Gasteiger partial charge in [-0.25, -0.2) is 0 Å². The van der Waals surface area contributed by atoms with Crippen molar-refractivity contribution < 1.29 is 38.0 Å². The number of Topliss-reactive ketones (excluding diaryl/α,β-unsaturated/α-hetero) is 1. The molecule has 1 saturated heterocycles. The van der Waals surface area contributed by atoms with Crippen LogP contribution in [-0.4, -0.2) is 49.7 Å². The predicted molar refractivity (Wildman–Crippen MR) is 83.9 cm³/mol. The van der Waals surface area contributed by atoms with E-state index in [9.17, 15) is 4.79 Å². The molecule has 3 nitrogen and oxygen atoms in total. The van der Waals surface area contributed by atoms with Crippen LogP contribution in [0.2, 0.25) is 0 Å². The molecule has 4 heteroatoms. The Morgan fingerprint density at radius 3 is 2.36 bits per heavy atom. The maximum absolute atomic E-state index is 12.9. The smallest absolute Gasteiger partial charge is 0.142 e. The Kier molecular flexibility index (Phi) is 5.36. The van der Waals surface area contributed by atoms with E-state index in [1.807, 2.05) is 0 Å². The Balaban J connectivity index is 0.00000176. The van der Waals surface area contributed by atoms with Crippen LogP contribution < -0.4 is 24.0 Å². The molecular formula is C18H32INO2. The number of fused-ring (bicyclic) bond motifs is 2. The number of ether oxygens (including phenoxy) is 1. The van der Waals surface area contributed by atoms with Crippen LogP contribution in [-0.2, 0) is 9.53 Å². The minimum absolute atomic E-state index is 0. The average Bonchev–Trinajstić information content (AvgIpc) is 2.79. The lowest BCUT2D eigenvalue weighted by molar-refractivity contribution is -0.934. The quantitative estimate of drug-likeness (QED) is 0.468. The topological polar surface area (TPSA) is 26.3 Å². The monoisotopic (exact) mass is 421 g/mol. The molecule has 0 aromatic rings. The Bertz CT molecular complexity index is 431. The minimum Gasteiger partial charge on any atom is -1.00 e. The van der Waals surface area contributed by atoms with Gasteiger partial charge in [0.1, 0.15) is 18.9 Å². The van der Waals surface area contributed by atoms with Gasteiger partial charge in [0.05, 0.1) is 26.3 Å². The van der Waals surface area contributed by atoms with Gasteiger partial charge in [0.15, 0.2) is 0 Å². The molecule has 3 aliphatic rings. The highest BCUT2D eigenvalue weighted by Gasteiger charge is 2.65. The third-order valence-corrected chi connectivity index (χ3v) is 7.68. The van der Waals surface area contributed by atoms with E-state index in [1.54, 1.807) is 0 Å². The summed E-state index contributed by atoms with van der Waals surface area (Å²) in [4.78, 5) is 12.9. The first-order valence-electron chi connectivity index (χ1n) is 8.83. The van der Waals surface area contributed by atoms with Gasteiger partial charge in [0.2, 0.25) is 0 Å². The summed E-state index contributed by atoms with van der Waals surface area (Å²) in [5.74, 6) is 1.52. The summed E-state index contributed by atoms with van der Waals surface area (Å²) < 4.78 is 6.70. The molecule has 0 spiro atoms.